The first-order chi connectivity index (χ1) is 14.0. The number of nitrogens with zero attached hydrogens (tertiary/aromatic N) is 3. The summed E-state index contributed by atoms with van der Waals surface area (Å²) in [5, 5.41) is 5.66. The van der Waals surface area contributed by atoms with Crippen LogP contribution in [-0.4, -0.2) is 57.2 Å². The van der Waals surface area contributed by atoms with Gasteiger partial charge in [0.15, 0.2) is 0 Å². The van der Waals surface area contributed by atoms with Crippen molar-refractivity contribution >= 4 is 41.2 Å². The molecule has 0 spiro atoms. The molecule has 0 bridgehead atoms. The summed E-state index contributed by atoms with van der Waals surface area (Å²) in [6.45, 7) is 0.204. The summed E-state index contributed by atoms with van der Waals surface area (Å²) < 4.78 is 15.0. The van der Waals surface area contributed by atoms with Crippen molar-refractivity contribution in [3.8, 4) is 0 Å². The molecule has 2 aliphatic heterocycles. The third kappa shape index (κ3) is 3.80. The number of aromatic nitrogens is 2. The van der Waals surface area contributed by atoms with E-state index in [1.807, 2.05) is 30.3 Å². The third-order valence-electron chi connectivity index (χ3n) is 5.00. The van der Waals surface area contributed by atoms with Crippen molar-refractivity contribution < 1.29 is 19.1 Å². The number of nitrogens with two attached hydrogens (primary N) is 1. The summed E-state index contributed by atoms with van der Waals surface area (Å²) in [5.41, 5.74) is 6.23. The number of methoxy groups -OCH3 is 1. The van der Waals surface area contributed by atoms with Gasteiger partial charge in [-0.1, -0.05) is 40.9 Å². The average Bonchev–Trinajstić information content (AvgIpc) is 3.29. The van der Waals surface area contributed by atoms with Crippen molar-refractivity contribution in [1.82, 2.24) is 14.5 Å². The van der Waals surface area contributed by atoms with Gasteiger partial charge in [0, 0.05) is 30.4 Å². The van der Waals surface area contributed by atoms with E-state index in [4.69, 9.17) is 15.2 Å². The fourth-order valence-corrected chi connectivity index (χ4v) is 5.23. The fourth-order valence-electron chi connectivity index (χ4n) is 3.35. The van der Waals surface area contributed by atoms with Gasteiger partial charge in [-0.05, 0) is 17.6 Å². The zero-order valence-corrected chi connectivity index (χ0v) is 17.3. The highest BCUT2D eigenvalue weighted by molar-refractivity contribution is 8.00. The summed E-state index contributed by atoms with van der Waals surface area (Å²) in [7, 11) is 1.48. The van der Waals surface area contributed by atoms with Gasteiger partial charge in [-0.25, -0.2) is 0 Å². The van der Waals surface area contributed by atoms with Gasteiger partial charge in [0.25, 0.3) is 0 Å². The third-order valence-corrected chi connectivity index (χ3v) is 7.10. The molecular formula is C19H20N4O4S2. The van der Waals surface area contributed by atoms with Crippen molar-refractivity contribution in [2.45, 2.75) is 17.7 Å². The molecule has 0 saturated carbocycles. The van der Waals surface area contributed by atoms with Crippen LogP contribution in [0.25, 0.3) is 6.08 Å². The molecule has 3 unspecified atom stereocenters. The van der Waals surface area contributed by atoms with Crippen LogP contribution in [0.2, 0.25) is 0 Å². The lowest BCUT2D eigenvalue weighted by atomic mass is 9.86. The van der Waals surface area contributed by atoms with Gasteiger partial charge in [-0.2, -0.15) is 0 Å². The van der Waals surface area contributed by atoms with Crippen molar-refractivity contribution in [1.29, 1.82) is 0 Å². The number of amides is 1. The van der Waals surface area contributed by atoms with E-state index in [0.717, 1.165) is 5.56 Å². The fraction of sp³-hybridized carbons (Fsp3) is 0.368. The van der Waals surface area contributed by atoms with Gasteiger partial charge in [-0.15, -0.1) is 16.9 Å². The van der Waals surface area contributed by atoms with Crippen LogP contribution in [0.4, 0.5) is 0 Å². The van der Waals surface area contributed by atoms with Gasteiger partial charge < -0.3 is 20.1 Å². The molecule has 2 saturated heterocycles. The van der Waals surface area contributed by atoms with Gasteiger partial charge in [0.1, 0.15) is 16.8 Å². The van der Waals surface area contributed by atoms with Crippen LogP contribution >= 0.6 is 23.3 Å². The normalized spacial score (nSPS) is 27.4. The van der Waals surface area contributed by atoms with Crippen LogP contribution < -0.4 is 5.73 Å². The minimum Gasteiger partial charge on any atom is -0.431 e. The second-order valence-corrected chi connectivity index (χ2v) is 8.61. The molecule has 4 rings (SSSR count). The lowest BCUT2D eigenvalue weighted by Gasteiger charge is -2.52. The van der Waals surface area contributed by atoms with Crippen LogP contribution in [0.15, 0.2) is 41.8 Å². The van der Waals surface area contributed by atoms with Gasteiger partial charge in [0.05, 0.1) is 5.69 Å². The second kappa shape index (κ2) is 8.23. The molecule has 1 aromatic carbocycles. The molecule has 4 atom stereocenters. The van der Waals surface area contributed by atoms with E-state index >= 15 is 0 Å². The lowest BCUT2D eigenvalue weighted by molar-refractivity contribution is -0.185. The molecular weight excluding hydrogens is 412 g/mol. The highest BCUT2D eigenvalue weighted by Crippen LogP contribution is 2.43. The van der Waals surface area contributed by atoms with Gasteiger partial charge >= 0.3 is 5.97 Å². The smallest absolute Gasteiger partial charge is 0.321 e. The minimum absolute atomic E-state index is 0.106. The minimum atomic E-state index is -1.04. The first kappa shape index (κ1) is 20.0. The molecule has 10 heteroatoms. The number of β-lactam (4-membered cyclic amide) rings is 1. The van der Waals surface area contributed by atoms with Crippen LogP contribution in [0.3, 0.4) is 0 Å². The van der Waals surface area contributed by atoms with Crippen LogP contribution in [-0.2, 0) is 19.1 Å². The molecule has 2 aliphatic rings. The maximum Gasteiger partial charge on any atom is 0.321 e. The number of esters is 1. The molecule has 1 aromatic heterocycles. The number of hydrogen-bond donors (Lipinski definition) is 1. The summed E-state index contributed by atoms with van der Waals surface area (Å²) in [4.78, 5) is 27.2. The van der Waals surface area contributed by atoms with Crippen molar-refractivity contribution in [3.05, 3.63) is 53.0 Å². The number of ether oxygens (including phenoxy) is 2. The van der Waals surface area contributed by atoms with Crippen LogP contribution in [0, 0.1) is 5.41 Å². The summed E-state index contributed by atoms with van der Waals surface area (Å²) >= 11 is 2.70. The maximum atomic E-state index is 13.3. The van der Waals surface area contributed by atoms with Gasteiger partial charge in [-0.3, -0.25) is 9.59 Å². The molecule has 2 N–H and O–H groups in total. The van der Waals surface area contributed by atoms with Gasteiger partial charge in [0.2, 0.25) is 12.2 Å². The monoisotopic (exact) mass is 432 g/mol. The number of rotatable bonds is 6. The first-order valence-electron chi connectivity index (χ1n) is 8.97. The zero-order chi connectivity index (χ0) is 20.4. The van der Waals surface area contributed by atoms with E-state index in [-0.39, 0.29) is 17.8 Å². The van der Waals surface area contributed by atoms with Crippen molar-refractivity contribution in [2.75, 3.05) is 19.4 Å². The Morgan fingerprint density at radius 1 is 1.41 bits per heavy atom. The Bertz CT molecular complexity index is 908. The molecule has 2 aromatic rings. The zero-order valence-electron chi connectivity index (χ0n) is 15.6. The second-order valence-electron chi connectivity index (χ2n) is 6.90. The maximum absolute atomic E-state index is 13.3. The highest BCUT2D eigenvalue weighted by atomic mass is 32.2. The number of carbonyl (C=O) groups excluding carboxylic acids is 2. The lowest BCUT2D eigenvalue weighted by Crippen LogP contribution is -2.72. The number of thioether (sulfide) groups is 1. The molecule has 2 fully saturated rings. The quantitative estimate of drug-likeness (QED) is 0.417. The summed E-state index contributed by atoms with van der Waals surface area (Å²) in [6, 6.07) is 8.71. The number of benzene rings is 1. The predicted molar refractivity (Wildman–Crippen MR) is 110 cm³/mol. The van der Waals surface area contributed by atoms with E-state index < -0.39 is 23.7 Å². The largest absolute Gasteiger partial charge is 0.431 e. The Labute approximate surface area is 176 Å². The Hall–Kier alpha value is -2.27. The summed E-state index contributed by atoms with van der Waals surface area (Å²) in [6.07, 6.45) is 2.65. The average molecular weight is 433 g/mol. The van der Waals surface area contributed by atoms with Crippen molar-refractivity contribution in [2.24, 2.45) is 11.1 Å². The molecule has 1 amide bonds. The Balaban J connectivity index is 1.59. The Morgan fingerprint density at radius 2 is 2.21 bits per heavy atom. The topological polar surface area (TPSA) is 108 Å². The van der Waals surface area contributed by atoms with Crippen LogP contribution in [0.5, 0.6) is 0 Å². The molecule has 0 aliphatic carbocycles. The first-order valence-corrected chi connectivity index (χ1v) is 10.9. The van der Waals surface area contributed by atoms with E-state index in [0.29, 0.717) is 11.4 Å². The number of hydrogen-bond acceptors (Lipinski definition) is 9. The highest BCUT2D eigenvalue weighted by Gasteiger charge is 2.55. The molecule has 3 heterocycles. The summed E-state index contributed by atoms with van der Waals surface area (Å²) in [5.74, 6) is -0.186. The molecule has 29 heavy (non-hydrogen) atoms. The Kier molecular flexibility index (Phi) is 5.68. The molecule has 8 nitrogen and oxygen atoms in total. The number of carbonyl (C=O) groups is 2. The standard InChI is InChI=1S/C19H20N4O4S2/c1-26-17(12-5-3-2-4-6-12)27-18(25)19(8-7-13-9-29-22-21-13)10-23-15(24)14(20)16(23)28-11-19/h2-9,14,16-17H,10-11,20H2,1H3/t14?,16-,17?,19?/m1/s1. The van der Waals surface area contributed by atoms with E-state index in [1.165, 1.54) is 30.4 Å². The molecule has 0 radical (unpaired) electrons. The van der Waals surface area contributed by atoms with Crippen LogP contribution in [0.1, 0.15) is 17.5 Å². The number of fused-ring (bicyclic) bond motifs is 1. The molecule has 152 valence electrons. The van der Waals surface area contributed by atoms with Crippen molar-refractivity contribution in [3.63, 3.8) is 0 Å². The Morgan fingerprint density at radius 3 is 2.90 bits per heavy atom. The predicted octanol–water partition coefficient (Wildman–Crippen LogP) is 1.67. The SMILES string of the molecule is COC(OC(=O)C1(C=Cc2csnn2)CS[C@@H]2C(N)C(=O)N2C1)c1ccccc1. The van der Waals surface area contributed by atoms with E-state index in [1.54, 1.807) is 22.4 Å². The van der Waals surface area contributed by atoms with E-state index in [9.17, 15) is 9.59 Å². The van der Waals surface area contributed by atoms with E-state index in [2.05, 4.69) is 9.59 Å².